The average Bonchev–Trinajstić information content (AvgIpc) is 3.37. The second-order valence-electron chi connectivity index (χ2n) is 22.5. The molecule has 0 aliphatic heterocycles. The van der Waals surface area contributed by atoms with E-state index in [0.717, 1.165) is 38.5 Å². The molecule has 0 bridgehead atoms. The molecule has 0 saturated carbocycles. The predicted octanol–water partition coefficient (Wildman–Crippen LogP) is 21.3. The molecule has 0 N–H and O–H groups in total. The van der Waals surface area contributed by atoms with Crippen LogP contribution >= 0.6 is 0 Å². The molecule has 0 aromatic rings. The Morgan fingerprint density at radius 1 is 0.293 bits per heavy atom. The van der Waals surface area contributed by atoms with Crippen LogP contribution in [0, 0.1) is 11.8 Å². The summed E-state index contributed by atoms with van der Waals surface area (Å²) in [6.45, 7) is 9.03. The van der Waals surface area contributed by atoms with Gasteiger partial charge in [0.15, 0.2) is 0 Å². The van der Waals surface area contributed by atoms with E-state index in [9.17, 15) is 25.9 Å². The second kappa shape index (κ2) is 65.3. The zero-order chi connectivity index (χ0) is 54.6. The normalized spacial score (nSPS) is 12.9. The van der Waals surface area contributed by atoms with Crippen molar-refractivity contribution >= 4 is 58.5 Å². The van der Waals surface area contributed by atoms with Gasteiger partial charge in [-0.1, -0.05) is 347 Å². The largest absolute Gasteiger partial charge is 2.00 e. The molecule has 0 spiro atoms. The maximum Gasteiger partial charge on any atom is 2.00 e. The summed E-state index contributed by atoms with van der Waals surface area (Å²) in [4.78, 5) is 0. The summed E-state index contributed by atoms with van der Waals surface area (Å²) in [6.07, 6.45) is 76.0. The van der Waals surface area contributed by atoms with Crippen LogP contribution < -0.4 is 0 Å². The van der Waals surface area contributed by atoms with Gasteiger partial charge >= 0.3 is 37.7 Å². The molecule has 444 valence electrons. The first-order valence-corrected chi connectivity index (χ1v) is 35.2. The van der Waals surface area contributed by atoms with Gasteiger partial charge in [0.05, 0.1) is 13.2 Å². The van der Waals surface area contributed by atoms with Gasteiger partial charge in [-0.25, -0.2) is 16.8 Å². The van der Waals surface area contributed by atoms with Crippen molar-refractivity contribution in [1.29, 1.82) is 0 Å². The third-order valence-electron chi connectivity index (χ3n) is 15.0. The smallest absolute Gasteiger partial charge is 0.726 e. The number of rotatable bonds is 60. The van der Waals surface area contributed by atoms with Gasteiger partial charge in [-0.3, -0.25) is 8.37 Å². The first-order valence-electron chi connectivity index (χ1n) is 32.5. The Morgan fingerprint density at radius 2 is 0.467 bits per heavy atom. The maximum atomic E-state index is 10.9. The van der Waals surface area contributed by atoms with Crippen molar-refractivity contribution in [3.05, 3.63) is 24.3 Å². The van der Waals surface area contributed by atoms with E-state index in [-0.39, 0.29) is 62.8 Å². The first kappa shape index (κ1) is 79.7. The van der Waals surface area contributed by atoms with Crippen LogP contribution in [-0.2, 0) is 29.2 Å². The average molecular weight is 1130 g/mol. The summed E-state index contributed by atoms with van der Waals surface area (Å²) in [5, 5.41) is 0. The molecule has 0 saturated heterocycles. The van der Waals surface area contributed by atoms with Gasteiger partial charge in [-0.05, 0) is 38.5 Å². The van der Waals surface area contributed by atoms with Crippen LogP contribution in [-0.4, -0.2) is 76.9 Å². The van der Waals surface area contributed by atoms with Crippen LogP contribution in [0.5, 0.6) is 0 Å². The van der Waals surface area contributed by atoms with Crippen molar-refractivity contribution < 1.29 is 34.3 Å². The number of allylic oxidation sites excluding steroid dienone is 2. The van der Waals surface area contributed by atoms with Crippen LogP contribution in [0.25, 0.3) is 0 Å². The number of hydrogen-bond donors (Lipinski definition) is 0. The summed E-state index contributed by atoms with van der Waals surface area (Å²) < 4.78 is 74.6. The van der Waals surface area contributed by atoms with Crippen molar-refractivity contribution in [2.75, 3.05) is 13.2 Å². The Labute approximate surface area is 499 Å². The first-order chi connectivity index (χ1) is 36.0. The van der Waals surface area contributed by atoms with E-state index >= 15 is 0 Å². The van der Waals surface area contributed by atoms with E-state index in [0.29, 0.717) is 0 Å². The summed E-state index contributed by atoms with van der Waals surface area (Å²) in [7, 11) is -9.23. The van der Waals surface area contributed by atoms with Crippen molar-refractivity contribution in [2.24, 2.45) is 11.8 Å². The van der Waals surface area contributed by atoms with Crippen LogP contribution in [0.4, 0.5) is 0 Å². The third kappa shape index (κ3) is 74.5. The fourth-order valence-corrected chi connectivity index (χ4v) is 10.8. The van der Waals surface area contributed by atoms with Crippen molar-refractivity contribution in [3.8, 4) is 0 Å². The van der Waals surface area contributed by atoms with E-state index in [1.807, 2.05) is 0 Å². The van der Waals surface area contributed by atoms with Gasteiger partial charge in [0.1, 0.15) is 0 Å². The quantitative estimate of drug-likeness (QED) is 0.0193. The Morgan fingerprint density at radius 3 is 0.653 bits per heavy atom. The molecule has 0 rings (SSSR count). The summed E-state index contributed by atoms with van der Waals surface area (Å²) >= 11 is 0. The van der Waals surface area contributed by atoms with Crippen LogP contribution in [0.3, 0.4) is 0 Å². The van der Waals surface area contributed by atoms with Crippen LogP contribution in [0.2, 0.25) is 0 Å². The fourth-order valence-electron chi connectivity index (χ4n) is 10.1. The molecular weight excluding hydrogens is 1000 g/mol. The molecule has 0 amide bonds. The topological polar surface area (TPSA) is 133 Å². The molecule has 0 radical (unpaired) electrons. The minimum absolute atomic E-state index is 0. The molecule has 2 unspecified atom stereocenters. The van der Waals surface area contributed by atoms with Crippen LogP contribution in [0.15, 0.2) is 24.3 Å². The van der Waals surface area contributed by atoms with E-state index < -0.39 is 20.8 Å². The van der Waals surface area contributed by atoms with Crippen LogP contribution in [0.1, 0.15) is 362 Å². The second-order valence-corrected chi connectivity index (χ2v) is 24.6. The van der Waals surface area contributed by atoms with E-state index in [1.165, 1.54) is 295 Å². The number of hydrogen-bond acceptors (Lipinski definition) is 8. The molecule has 0 aromatic heterocycles. The van der Waals surface area contributed by atoms with Crippen molar-refractivity contribution in [2.45, 2.75) is 362 Å². The predicted molar refractivity (Wildman–Crippen MR) is 325 cm³/mol. The molecule has 0 aliphatic carbocycles. The van der Waals surface area contributed by atoms with Crippen molar-refractivity contribution in [3.63, 3.8) is 0 Å². The summed E-state index contributed by atoms with van der Waals surface area (Å²) in [6, 6.07) is 0. The zero-order valence-electron chi connectivity index (χ0n) is 50.4. The van der Waals surface area contributed by atoms with Gasteiger partial charge in [0.25, 0.3) is 0 Å². The Hall–Kier alpha value is 0.480. The van der Waals surface area contributed by atoms with Gasteiger partial charge in [-0.15, -0.1) is 0 Å². The van der Waals surface area contributed by atoms with Gasteiger partial charge in [0.2, 0.25) is 20.8 Å². The van der Waals surface area contributed by atoms with Crippen molar-refractivity contribution in [1.82, 2.24) is 0 Å². The Balaban J connectivity index is -0.00000136. The number of unbranched alkanes of at least 4 members (excludes halogenated alkanes) is 46. The Kier molecular flexibility index (Phi) is 69.4. The summed E-state index contributed by atoms with van der Waals surface area (Å²) in [5.74, 6) is 0.0355. The zero-order valence-corrected chi connectivity index (χ0v) is 54.3. The third-order valence-corrected chi connectivity index (χ3v) is 15.8. The monoisotopic (exact) mass is 1130 g/mol. The molecule has 0 fully saturated rings. The summed E-state index contributed by atoms with van der Waals surface area (Å²) in [5.41, 5.74) is 0. The molecule has 2 atom stereocenters. The molecule has 0 aromatic carbocycles. The standard InChI is InChI=1S/2C32H64O4S.Ca/c2*1-3-5-7-9-11-13-15-17-18-20-22-24-26-28-30-32(31-36-37(33,34)35)29-27-25-23-21-19-16-14-12-10-8-6-4-2;/h2*27,29,32H,3-26,28,30-31H2,1-2H3,(H,33,34,35);/q;;+2/p-2/b2*29-27+;. The van der Waals surface area contributed by atoms with Gasteiger partial charge in [0, 0.05) is 11.8 Å². The van der Waals surface area contributed by atoms with E-state index in [2.05, 4.69) is 60.4 Å². The van der Waals surface area contributed by atoms with E-state index in [4.69, 9.17) is 0 Å². The SMILES string of the molecule is CCCCCCCCCCCC/C=C/C(CCCCCCCCCCCCCCCC)COS(=O)(=O)[O-].CCCCCCCCCCCC/C=C/C(CCCCCCCCCCCCCCCC)COS(=O)(=O)[O-].[Ca+2]. The Bertz CT molecular complexity index is 1260. The molecule has 11 heteroatoms. The fraction of sp³-hybridized carbons (Fsp3) is 0.938. The van der Waals surface area contributed by atoms with E-state index in [1.54, 1.807) is 0 Å². The minimum atomic E-state index is -4.62. The van der Waals surface area contributed by atoms with Gasteiger partial charge in [-0.2, -0.15) is 0 Å². The molecule has 75 heavy (non-hydrogen) atoms. The molecule has 0 heterocycles. The van der Waals surface area contributed by atoms with Gasteiger partial charge < -0.3 is 9.11 Å². The molecular formula is C64H126CaO8S2. The maximum absolute atomic E-state index is 10.9. The molecule has 8 nitrogen and oxygen atoms in total. The minimum Gasteiger partial charge on any atom is -0.726 e. The molecule has 0 aliphatic rings.